The first-order valence-corrected chi connectivity index (χ1v) is 4.16. The first-order chi connectivity index (χ1) is 5.72. The summed E-state index contributed by atoms with van der Waals surface area (Å²) in [5.74, 6) is 0.461. The first kappa shape index (κ1) is 10.9. The number of allylic oxidation sites excluding steroid dienone is 4. The lowest BCUT2D eigenvalue weighted by molar-refractivity contribution is 0.688. The van der Waals surface area contributed by atoms with Crippen LogP contribution in [0.25, 0.3) is 0 Å². The third-order valence-electron chi connectivity index (χ3n) is 1.82. The second-order valence-corrected chi connectivity index (χ2v) is 2.87. The summed E-state index contributed by atoms with van der Waals surface area (Å²) < 4.78 is 0. The zero-order chi connectivity index (χ0) is 9.40. The van der Waals surface area contributed by atoms with Crippen LogP contribution in [0.3, 0.4) is 0 Å². The van der Waals surface area contributed by atoms with E-state index in [-0.39, 0.29) is 0 Å². The van der Waals surface area contributed by atoms with Crippen LogP contribution in [0, 0.1) is 11.3 Å². The summed E-state index contributed by atoms with van der Waals surface area (Å²) in [5, 5.41) is 6.92. The monoisotopic (exact) mass is 163 g/mol. The number of rotatable bonds is 6. The minimum atomic E-state index is 0.461. The van der Waals surface area contributed by atoms with E-state index in [0.717, 1.165) is 12.0 Å². The molecule has 0 saturated heterocycles. The van der Waals surface area contributed by atoms with E-state index in [1.165, 1.54) is 6.21 Å². The summed E-state index contributed by atoms with van der Waals surface area (Å²) in [7, 11) is 0. The molecule has 0 rings (SSSR count). The van der Waals surface area contributed by atoms with Crippen LogP contribution >= 0.6 is 0 Å². The molecule has 0 spiro atoms. The van der Waals surface area contributed by atoms with E-state index in [4.69, 9.17) is 5.41 Å². The van der Waals surface area contributed by atoms with Crippen molar-refractivity contribution in [3.63, 3.8) is 0 Å². The predicted octanol–water partition coefficient (Wildman–Crippen LogP) is 3.35. The van der Waals surface area contributed by atoms with Gasteiger partial charge in [0.25, 0.3) is 0 Å². The molecule has 0 radical (unpaired) electrons. The highest BCUT2D eigenvalue weighted by molar-refractivity contribution is 5.57. The van der Waals surface area contributed by atoms with Crippen molar-refractivity contribution < 1.29 is 0 Å². The van der Waals surface area contributed by atoms with Crippen molar-refractivity contribution >= 4 is 6.21 Å². The molecule has 0 aromatic heterocycles. The normalized spacial score (nSPS) is 12.8. The molecule has 0 bridgehead atoms. The fourth-order valence-corrected chi connectivity index (χ4v) is 0.878. The molecule has 0 aromatic rings. The first-order valence-electron chi connectivity index (χ1n) is 4.16. The van der Waals surface area contributed by atoms with Gasteiger partial charge in [-0.05, 0) is 18.6 Å². The lowest BCUT2D eigenvalue weighted by atomic mass is 9.97. The molecule has 0 aliphatic heterocycles. The van der Waals surface area contributed by atoms with Crippen LogP contribution in [0.4, 0.5) is 0 Å². The summed E-state index contributed by atoms with van der Waals surface area (Å²) in [6, 6.07) is 0. The lowest BCUT2D eigenvalue weighted by Crippen LogP contribution is -1.96. The Morgan fingerprint density at radius 3 is 2.75 bits per heavy atom. The van der Waals surface area contributed by atoms with Gasteiger partial charge in [-0.1, -0.05) is 43.9 Å². The van der Waals surface area contributed by atoms with E-state index in [2.05, 4.69) is 26.2 Å². The van der Waals surface area contributed by atoms with E-state index < -0.39 is 0 Å². The molecule has 0 fully saturated rings. The van der Waals surface area contributed by atoms with E-state index in [0.29, 0.717) is 12.3 Å². The molecule has 0 saturated carbocycles. The van der Waals surface area contributed by atoms with Gasteiger partial charge in [-0.2, -0.15) is 0 Å². The third-order valence-corrected chi connectivity index (χ3v) is 1.82. The van der Waals surface area contributed by atoms with E-state index in [1.807, 2.05) is 6.08 Å². The molecule has 0 unspecified atom stereocenters. The van der Waals surface area contributed by atoms with Gasteiger partial charge in [0.1, 0.15) is 0 Å². The van der Waals surface area contributed by atoms with Gasteiger partial charge in [-0.3, -0.25) is 0 Å². The standard InChI is InChI=1S/C11H17N/c1-4-5-6-7-10(2)11(3)8-9-12/h4-6,9-10,12H,1,3,7-8H2,2H3/b6-5-,12-9?/t10-/m1/s1. The van der Waals surface area contributed by atoms with Crippen LogP contribution in [0.5, 0.6) is 0 Å². The summed E-state index contributed by atoms with van der Waals surface area (Å²) in [5.41, 5.74) is 1.12. The van der Waals surface area contributed by atoms with Crippen LogP contribution in [-0.2, 0) is 0 Å². The smallest absolute Gasteiger partial charge is 0.00302 e. The average Bonchev–Trinajstić information content (AvgIpc) is 2.05. The van der Waals surface area contributed by atoms with Gasteiger partial charge in [0.2, 0.25) is 0 Å². The Kier molecular flexibility index (Phi) is 5.98. The summed E-state index contributed by atoms with van der Waals surface area (Å²) >= 11 is 0. The Hall–Kier alpha value is -1.11. The molecule has 0 aliphatic carbocycles. The summed E-state index contributed by atoms with van der Waals surface area (Å²) in [4.78, 5) is 0. The van der Waals surface area contributed by atoms with Crippen molar-refractivity contribution in [2.24, 2.45) is 5.92 Å². The van der Waals surface area contributed by atoms with Gasteiger partial charge in [0.15, 0.2) is 0 Å². The molecule has 0 aromatic carbocycles. The van der Waals surface area contributed by atoms with Crippen molar-refractivity contribution in [1.29, 1.82) is 5.41 Å². The summed E-state index contributed by atoms with van der Waals surface area (Å²) in [6.45, 7) is 9.63. The van der Waals surface area contributed by atoms with Crippen LogP contribution in [0.2, 0.25) is 0 Å². The van der Waals surface area contributed by atoms with E-state index in [1.54, 1.807) is 6.08 Å². The molecule has 1 N–H and O–H groups in total. The molecule has 12 heavy (non-hydrogen) atoms. The van der Waals surface area contributed by atoms with Crippen LogP contribution in [0.1, 0.15) is 19.8 Å². The maximum absolute atomic E-state index is 6.92. The zero-order valence-corrected chi connectivity index (χ0v) is 7.72. The molecule has 0 heterocycles. The minimum absolute atomic E-state index is 0.461. The number of nitrogens with one attached hydrogen (secondary N) is 1. The quantitative estimate of drug-likeness (QED) is 0.353. The van der Waals surface area contributed by atoms with Gasteiger partial charge in [0.05, 0.1) is 0 Å². The average molecular weight is 163 g/mol. The van der Waals surface area contributed by atoms with Crippen molar-refractivity contribution in [3.05, 3.63) is 37.0 Å². The Labute approximate surface area is 75.0 Å². The maximum Gasteiger partial charge on any atom is 0.00302 e. The molecular weight excluding hydrogens is 146 g/mol. The molecule has 66 valence electrons. The highest BCUT2D eigenvalue weighted by Crippen LogP contribution is 2.15. The predicted molar refractivity (Wildman–Crippen MR) is 55.7 cm³/mol. The second kappa shape index (κ2) is 6.59. The Bertz CT molecular complexity index is 189. The molecule has 1 atom stereocenters. The van der Waals surface area contributed by atoms with Gasteiger partial charge >= 0.3 is 0 Å². The van der Waals surface area contributed by atoms with Crippen molar-refractivity contribution in [1.82, 2.24) is 0 Å². The third kappa shape index (κ3) is 4.67. The highest BCUT2D eigenvalue weighted by atomic mass is 14.3. The fourth-order valence-electron chi connectivity index (χ4n) is 0.878. The Morgan fingerprint density at radius 1 is 1.58 bits per heavy atom. The van der Waals surface area contributed by atoms with E-state index >= 15 is 0 Å². The molecule has 0 aliphatic rings. The van der Waals surface area contributed by atoms with Gasteiger partial charge in [-0.25, -0.2) is 0 Å². The van der Waals surface area contributed by atoms with Crippen molar-refractivity contribution in [2.75, 3.05) is 0 Å². The molecule has 1 heteroatoms. The second-order valence-electron chi connectivity index (χ2n) is 2.87. The number of hydrogen-bond acceptors (Lipinski definition) is 1. The topological polar surface area (TPSA) is 23.9 Å². The lowest BCUT2D eigenvalue weighted by Gasteiger charge is -2.09. The largest absolute Gasteiger partial charge is 0.313 e. The van der Waals surface area contributed by atoms with Crippen molar-refractivity contribution in [3.8, 4) is 0 Å². The Morgan fingerprint density at radius 2 is 2.25 bits per heavy atom. The summed E-state index contributed by atoms with van der Waals surface area (Å²) in [6.07, 6.45) is 8.87. The molecule has 0 amide bonds. The van der Waals surface area contributed by atoms with Crippen LogP contribution < -0.4 is 0 Å². The van der Waals surface area contributed by atoms with Gasteiger partial charge in [-0.15, -0.1) is 0 Å². The SMILES string of the molecule is C=C/C=C\C[C@@H](C)C(=C)CC=N. The number of hydrogen-bond donors (Lipinski definition) is 1. The maximum atomic E-state index is 6.92. The van der Waals surface area contributed by atoms with Crippen LogP contribution in [0.15, 0.2) is 37.0 Å². The molecular formula is C11H17N. The van der Waals surface area contributed by atoms with Crippen molar-refractivity contribution in [2.45, 2.75) is 19.8 Å². The fraction of sp³-hybridized carbons (Fsp3) is 0.364. The molecule has 1 nitrogen and oxygen atoms in total. The van der Waals surface area contributed by atoms with E-state index in [9.17, 15) is 0 Å². The van der Waals surface area contributed by atoms with Gasteiger partial charge < -0.3 is 5.41 Å². The minimum Gasteiger partial charge on any atom is -0.313 e. The highest BCUT2D eigenvalue weighted by Gasteiger charge is 2.02. The zero-order valence-electron chi connectivity index (χ0n) is 7.72. The van der Waals surface area contributed by atoms with Crippen LogP contribution in [-0.4, -0.2) is 6.21 Å². The Balaban J connectivity index is 3.77. The van der Waals surface area contributed by atoms with Gasteiger partial charge in [0, 0.05) is 6.42 Å².